The van der Waals surface area contributed by atoms with Gasteiger partial charge in [-0.25, -0.2) is 9.89 Å². The second-order valence-corrected chi connectivity index (χ2v) is 3.93. The topological polar surface area (TPSA) is 108 Å². The van der Waals surface area contributed by atoms with Crippen LogP contribution in [0.25, 0.3) is 0 Å². The van der Waals surface area contributed by atoms with E-state index in [1.165, 1.54) is 0 Å². The number of hydrogen-bond donors (Lipinski definition) is 3. The number of nitrogens with two attached hydrogens (primary N) is 1. The van der Waals surface area contributed by atoms with Crippen molar-refractivity contribution in [3.05, 3.63) is 50.7 Å². The molecule has 7 nitrogen and oxygen atoms in total. The predicted octanol–water partition coefficient (Wildman–Crippen LogP) is -0.323. The molecule has 0 bridgehead atoms. The van der Waals surface area contributed by atoms with Crippen molar-refractivity contribution in [2.24, 2.45) is 0 Å². The number of benzene rings is 1. The molecule has 0 aliphatic heterocycles. The van der Waals surface area contributed by atoms with Gasteiger partial charge in [0.15, 0.2) is 0 Å². The molecule has 1 aromatic heterocycles. The van der Waals surface area contributed by atoms with E-state index in [0.717, 1.165) is 5.56 Å². The Labute approximate surface area is 102 Å². The van der Waals surface area contributed by atoms with E-state index in [-0.39, 0.29) is 5.82 Å². The van der Waals surface area contributed by atoms with Crippen LogP contribution in [0, 0.1) is 0 Å². The van der Waals surface area contributed by atoms with Crippen LogP contribution in [-0.2, 0) is 6.54 Å². The Kier molecular flexibility index (Phi) is 3.13. The average molecular weight is 247 g/mol. The minimum Gasteiger partial charge on any atom is -0.399 e. The van der Waals surface area contributed by atoms with Crippen molar-refractivity contribution in [1.29, 1.82) is 0 Å². The Bertz CT molecular complexity index is 661. The predicted molar refractivity (Wildman–Crippen MR) is 68.4 cm³/mol. The Morgan fingerprint density at radius 3 is 2.83 bits per heavy atom. The fraction of sp³-hybridized carbons (Fsp3) is 0.182. The Hall–Kier alpha value is -2.57. The van der Waals surface area contributed by atoms with Gasteiger partial charge >= 0.3 is 5.69 Å². The summed E-state index contributed by atoms with van der Waals surface area (Å²) in [7, 11) is 1.71. The minimum atomic E-state index is -0.624. The molecule has 0 aliphatic rings. The molecule has 18 heavy (non-hydrogen) atoms. The summed E-state index contributed by atoms with van der Waals surface area (Å²) in [4.78, 5) is 26.1. The van der Waals surface area contributed by atoms with E-state index in [1.54, 1.807) is 18.0 Å². The first-order valence-electron chi connectivity index (χ1n) is 5.31. The molecule has 94 valence electrons. The van der Waals surface area contributed by atoms with Crippen molar-refractivity contribution in [1.82, 2.24) is 15.2 Å². The summed E-state index contributed by atoms with van der Waals surface area (Å²) < 4.78 is 0. The van der Waals surface area contributed by atoms with Gasteiger partial charge in [0.25, 0.3) is 5.56 Å². The molecule has 0 amide bonds. The van der Waals surface area contributed by atoms with Gasteiger partial charge in [0.1, 0.15) is 0 Å². The zero-order chi connectivity index (χ0) is 13.1. The first kappa shape index (κ1) is 11.9. The lowest BCUT2D eigenvalue weighted by Crippen LogP contribution is -2.31. The van der Waals surface area contributed by atoms with E-state index in [0.29, 0.717) is 12.2 Å². The van der Waals surface area contributed by atoms with Crippen LogP contribution in [0.4, 0.5) is 11.5 Å². The van der Waals surface area contributed by atoms with Crippen molar-refractivity contribution in [2.45, 2.75) is 6.54 Å². The van der Waals surface area contributed by atoms with E-state index in [2.05, 4.69) is 15.2 Å². The second-order valence-electron chi connectivity index (χ2n) is 3.93. The van der Waals surface area contributed by atoms with E-state index < -0.39 is 11.2 Å². The van der Waals surface area contributed by atoms with Crippen LogP contribution in [0.5, 0.6) is 0 Å². The molecule has 0 saturated heterocycles. The van der Waals surface area contributed by atoms with Gasteiger partial charge in [0, 0.05) is 19.3 Å². The highest BCUT2D eigenvalue weighted by Gasteiger charge is 2.08. The highest BCUT2D eigenvalue weighted by Crippen LogP contribution is 2.10. The van der Waals surface area contributed by atoms with E-state index in [4.69, 9.17) is 5.73 Å². The van der Waals surface area contributed by atoms with Crippen molar-refractivity contribution >= 4 is 11.5 Å². The maximum Gasteiger partial charge on any atom is 0.342 e. The average Bonchev–Trinajstić information content (AvgIpc) is 2.28. The Morgan fingerprint density at radius 2 is 2.17 bits per heavy atom. The number of nitrogens with zero attached hydrogens (tertiary/aromatic N) is 2. The molecule has 0 unspecified atom stereocenters. The Morgan fingerprint density at radius 1 is 1.39 bits per heavy atom. The number of nitrogen functional groups attached to an aromatic ring is 1. The third-order valence-electron chi connectivity index (χ3n) is 2.43. The number of aromatic nitrogens is 3. The largest absolute Gasteiger partial charge is 0.399 e. The molecule has 2 rings (SSSR count). The van der Waals surface area contributed by atoms with Crippen LogP contribution in [-0.4, -0.2) is 22.2 Å². The molecule has 4 N–H and O–H groups in total. The summed E-state index contributed by atoms with van der Waals surface area (Å²) in [5.41, 5.74) is 6.13. The third-order valence-corrected chi connectivity index (χ3v) is 2.43. The van der Waals surface area contributed by atoms with Gasteiger partial charge in [-0.15, -0.1) is 5.10 Å². The van der Waals surface area contributed by atoms with Crippen LogP contribution < -0.4 is 21.9 Å². The summed E-state index contributed by atoms with van der Waals surface area (Å²) in [5.74, 6) is 0.150. The molecule has 0 spiro atoms. The number of H-pyrrole nitrogens is 2. The SMILES string of the molecule is CN(Cc1cccc(N)c1)c1n[nH]c(=O)[nH]c1=O. The van der Waals surface area contributed by atoms with Gasteiger partial charge in [-0.05, 0) is 17.7 Å². The fourth-order valence-corrected chi connectivity index (χ4v) is 1.64. The van der Waals surface area contributed by atoms with Crippen molar-refractivity contribution in [2.75, 3.05) is 17.7 Å². The number of rotatable bonds is 3. The molecule has 2 aromatic rings. The van der Waals surface area contributed by atoms with Gasteiger partial charge in [-0.1, -0.05) is 12.1 Å². The summed E-state index contributed by atoms with van der Waals surface area (Å²) in [6, 6.07) is 7.33. The molecular weight excluding hydrogens is 234 g/mol. The second kappa shape index (κ2) is 4.74. The van der Waals surface area contributed by atoms with E-state index >= 15 is 0 Å². The lowest BCUT2D eigenvalue weighted by molar-refractivity contribution is 0.813. The maximum atomic E-state index is 11.5. The van der Waals surface area contributed by atoms with E-state index in [1.807, 2.05) is 18.2 Å². The fourth-order valence-electron chi connectivity index (χ4n) is 1.64. The van der Waals surface area contributed by atoms with E-state index in [9.17, 15) is 9.59 Å². The summed E-state index contributed by atoms with van der Waals surface area (Å²) >= 11 is 0. The molecule has 0 fully saturated rings. The first-order chi connectivity index (χ1) is 8.56. The number of anilines is 2. The van der Waals surface area contributed by atoms with Crippen LogP contribution in [0.1, 0.15) is 5.56 Å². The van der Waals surface area contributed by atoms with Crippen molar-refractivity contribution in [3.8, 4) is 0 Å². The summed E-state index contributed by atoms with van der Waals surface area (Å²) in [6.07, 6.45) is 0. The third kappa shape index (κ3) is 2.57. The molecular formula is C11H13N5O2. The van der Waals surface area contributed by atoms with Crippen LogP contribution >= 0.6 is 0 Å². The highest BCUT2D eigenvalue weighted by atomic mass is 16.2. The smallest absolute Gasteiger partial charge is 0.342 e. The first-order valence-corrected chi connectivity index (χ1v) is 5.31. The molecule has 1 aromatic carbocycles. The summed E-state index contributed by atoms with van der Waals surface area (Å²) in [6.45, 7) is 0.465. The molecule has 0 radical (unpaired) electrons. The van der Waals surface area contributed by atoms with Gasteiger partial charge in [-0.2, -0.15) is 0 Å². The van der Waals surface area contributed by atoms with Gasteiger partial charge in [-0.3, -0.25) is 9.78 Å². The zero-order valence-electron chi connectivity index (χ0n) is 9.80. The molecule has 1 heterocycles. The number of hydrogen-bond acceptors (Lipinski definition) is 5. The standard InChI is InChI=1S/C11H13N5O2/c1-16(6-7-3-2-4-8(12)5-7)9-10(17)13-11(18)15-14-9/h2-5H,6,12H2,1H3,(H2,13,15,17,18). The zero-order valence-corrected chi connectivity index (χ0v) is 9.80. The van der Waals surface area contributed by atoms with Crippen LogP contribution in [0.2, 0.25) is 0 Å². The summed E-state index contributed by atoms with van der Waals surface area (Å²) in [5, 5.41) is 5.90. The molecule has 0 atom stereocenters. The quantitative estimate of drug-likeness (QED) is 0.644. The monoisotopic (exact) mass is 247 g/mol. The number of nitrogens with one attached hydrogen (secondary N) is 2. The molecule has 0 saturated carbocycles. The lowest BCUT2D eigenvalue weighted by Gasteiger charge is -2.16. The van der Waals surface area contributed by atoms with Crippen molar-refractivity contribution < 1.29 is 0 Å². The van der Waals surface area contributed by atoms with Gasteiger partial charge in [0.2, 0.25) is 5.82 Å². The van der Waals surface area contributed by atoms with Gasteiger partial charge in [0.05, 0.1) is 0 Å². The molecule has 0 aliphatic carbocycles. The Balaban J connectivity index is 2.24. The van der Waals surface area contributed by atoms with Crippen molar-refractivity contribution in [3.63, 3.8) is 0 Å². The number of aromatic amines is 2. The maximum absolute atomic E-state index is 11.5. The van der Waals surface area contributed by atoms with Gasteiger partial charge < -0.3 is 10.6 Å². The van der Waals surface area contributed by atoms with Crippen LogP contribution in [0.15, 0.2) is 33.9 Å². The highest BCUT2D eigenvalue weighted by molar-refractivity contribution is 5.42. The molecule has 7 heteroatoms. The lowest BCUT2D eigenvalue weighted by atomic mass is 10.2. The van der Waals surface area contributed by atoms with Crippen LogP contribution in [0.3, 0.4) is 0 Å². The normalized spacial score (nSPS) is 10.3. The minimum absolute atomic E-state index is 0.150.